The molecular formula is C23H29FN2O3. The van der Waals surface area contributed by atoms with Gasteiger partial charge in [-0.05, 0) is 37.6 Å². The number of carbonyl (C=O) groups excluding carboxylic acids is 1. The molecule has 0 aliphatic carbocycles. The van der Waals surface area contributed by atoms with Crippen molar-refractivity contribution in [2.24, 2.45) is 0 Å². The summed E-state index contributed by atoms with van der Waals surface area (Å²) in [6.07, 6.45) is 0.333. The van der Waals surface area contributed by atoms with Crippen molar-refractivity contribution >= 4 is 5.91 Å². The standard InChI is InChI=1S/C23H29FN2O3/c1-3-28-21-10-9-18(15-22(21)29-4-2)16-23(27)26-13-11-25(12-14-26)17-19-7-5-6-8-20(19)24/h5-10,15H,3-4,11-14,16-17H2,1-2H3. The molecule has 2 aromatic carbocycles. The maximum absolute atomic E-state index is 13.8. The summed E-state index contributed by atoms with van der Waals surface area (Å²) in [5.41, 5.74) is 1.61. The second kappa shape index (κ2) is 10.3. The normalized spacial score (nSPS) is 14.7. The van der Waals surface area contributed by atoms with Gasteiger partial charge in [-0.25, -0.2) is 4.39 Å². The van der Waals surface area contributed by atoms with Crippen LogP contribution in [-0.2, 0) is 17.8 Å². The van der Waals surface area contributed by atoms with E-state index in [0.29, 0.717) is 56.3 Å². The van der Waals surface area contributed by atoms with E-state index in [4.69, 9.17) is 9.47 Å². The fourth-order valence-electron chi connectivity index (χ4n) is 3.51. The van der Waals surface area contributed by atoms with Gasteiger partial charge in [-0.3, -0.25) is 9.69 Å². The molecule has 0 saturated carbocycles. The molecule has 3 rings (SSSR count). The molecule has 1 fully saturated rings. The SMILES string of the molecule is CCOc1ccc(CC(=O)N2CCN(Cc3ccccc3F)CC2)cc1OCC. The first-order valence-corrected chi connectivity index (χ1v) is 10.2. The Kier molecular flexibility index (Phi) is 7.47. The lowest BCUT2D eigenvalue weighted by molar-refractivity contribution is -0.132. The molecule has 0 unspecified atom stereocenters. The lowest BCUT2D eigenvalue weighted by atomic mass is 10.1. The molecule has 0 bridgehead atoms. The molecule has 6 heteroatoms. The first kappa shape index (κ1) is 21.1. The monoisotopic (exact) mass is 400 g/mol. The van der Waals surface area contributed by atoms with Crippen LogP contribution in [0.3, 0.4) is 0 Å². The first-order chi connectivity index (χ1) is 14.1. The molecule has 2 aromatic rings. The molecular weight excluding hydrogens is 371 g/mol. The Bertz CT molecular complexity index is 820. The summed E-state index contributed by atoms with van der Waals surface area (Å²) < 4.78 is 25.1. The zero-order valence-electron chi connectivity index (χ0n) is 17.2. The molecule has 0 radical (unpaired) electrons. The van der Waals surface area contributed by atoms with Crippen LogP contribution in [0, 0.1) is 5.82 Å². The quantitative estimate of drug-likeness (QED) is 0.680. The number of nitrogens with zero attached hydrogens (tertiary/aromatic N) is 2. The Morgan fingerprint density at radius 3 is 2.34 bits per heavy atom. The van der Waals surface area contributed by atoms with E-state index in [1.54, 1.807) is 6.07 Å². The van der Waals surface area contributed by atoms with Gasteiger partial charge in [0.2, 0.25) is 5.91 Å². The molecule has 0 N–H and O–H groups in total. The minimum Gasteiger partial charge on any atom is -0.490 e. The highest BCUT2D eigenvalue weighted by Gasteiger charge is 2.22. The Morgan fingerprint density at radius 2 is 1.66 bits per heavy atom. The summed E-state index contributed by atoms with van der Waals surface area (Å²) in [6.45, 7) is 8.34. The fraction of sp³-hybridized carbons (Fsp3) is 0.435. The Morgan fingerprint density at radius 1 is 0.966 bits per heavy atom. The number of rotatable bonds is 8. The topological polar surface area (TPSA) is 42.0 Å². The summed E-state index contributed by atoms with van der Waals surface area (Å²) in [5.74, 6) is 1.30. The van der Waals surface area contributed by atoms with E-state index in [1.165, 1.54) is 6.07 Å². The van der Waals surface area contributed by atoms with E-state index >= 15 is 0 Å². The van der Waals surface area contributed by atoms with Crippen LogP contribution in [-0.4, -0.2) is 55.1 Å². The molecule has 5 nitrogen and oxygen atoms in total. The van der Waals surface area contributed by atoms with Crippen molar-refractivity contribution in [3.63, 3.8) is 0 Å². The number of halogens is 1. The average molecular weight is 400 g/mol. The molecule has 1 aliphatic rings. The van der Waals surface area contributed by atoms with E-state index in [1.807, 2.05) is 49.1 Å². The Balaban J connectivity index is 1.54. The van der Waals surface area contributed by atoms with Crippen LogP contribution in [0.15, 0.2) is 42.5 Å². The van der Waals surface area contributed by atoms with Gasteiger partial charge in [0.25, 0.3) is 0 Å². The third-order valence-electron chi connectivity index (χ3n) is 5.04. The minimum atomic E-state index is -0.174. The van der Waals surface area contributed by atoms with Gasteiger partial charge in [-0.15, -0.1) is 0 Å². The molecule has 1 saturated heterocycles. The van der Waals surface area contributed by atoms with Gasteiger partial charge in [0.05, 0.1) is 19.6 Å². The molecule has 156 valence electrons. The van der Waals surface area contributed by atoms with Crippen molar-refractivity contribution in [2.75, 3.05) is 39.4 Å². The van der Waals surface area contributed by atoms with Crippen molar-refractivity contribution in [2.45, 2.75) is 26.8 Å². The zero-order chi connectivity index (χ0) is 20.6. The number of amides is 1. The summed E-state index contributed by atoms with van der Waals surface area (Å²) in [6, 6.07) is 12.5. The number of benzene rings is 2. The van der Waals surface area contributed by atoms with Gasteiger partial charge in [-0.2, -0.15) is 0 Å². The van der Waals surface area contributed by atoms with Crippen molar-refractivity contribution in [1.29, 1.82) is 0 Å². The number of hydrogen-bond acceptors (Lipinski definition) is 4. The second-order valence-electron chi connectivity index (χ2n) is 7.07. The summed E-state index contributed by atoms with van der Waals surface area (Å²) in [5, 5.41) is 0. The third kappa shape index (κ3) is 5.70. The lowest BCUT2D eigenvalue weighted by Crippen LogP contribution is -2.48. The molecule has 1 amide bonds. The highest BCUT2D eigenvalue weighted by Crippen LogP contribution is 2.29. The van der Waals surface area contributed by atoms with Crippen LogP contribution in [0.5, 0.6) is 11.5 Å². The van der Waals surface area contributed by atoms with Gasteiger partial charge in [0.1, 0.15) is 5.82 Å². The molecule has 29 heavy (non-hydrogen) atoms. The van der Waals surface area contributed by atoms with E-state index in [9.17, 15) is 9.18 Å². The number of carbonyl (C=O) groups is 1. The van der Waals surface area contributed by atoms with Crippen molar-refractivity contribution in [3.05, 3.63) is 59.4 Å². The number of ether oxygens (including phenoxy) is 2. The molecule has 0 atom stereocenters. The van der Waals surface area contributed by atoms with E-state index in [-0.39, 0.29) is 11.7 Å². The van der Waals surface area contributed by atoms with Crippen molar-refractivity contribution in [3.8, 4) is 11.5 Å². The maximum atomic E-state index is 13.8. The van der Waals surface area contributed by atoms with Gasteiger partial charge in [0, 0.05) is 38.3 Å². The minimum absolute atomic E-state index is 0.0992. The van der Waals surface area contributed by atoms with Crippen LogP contribution < -0.4 is 9.47 Å². The lowest BCUT2D eigenvalue weighted by Gasteiger charge is -2.35. The maximum Gasteiger partial charge on any atom is 0.227 e. The van der Waals surface area contributed by atoms with Crippen LogP contribution >= 0.6 is 0 Å². The Labute approximate surface area is 172 Å². The van der Waals surface area contributed by atoms with Crippen LogP contribution in [0.4, 0.5) is 4.39 Å². The van der Waals surface area contributed by atoms with E-state index < -0.39 is 0 Å². The van der Waals surface area contributed by atoms with Crippen LogP contribution in [0.1, 0.15) is 25.0 Å². The van der Waals surface area contributed by atoms with E-state index in [2.05, 4.69) is 4.90 Å². The van der Waals surface area contributed by atoms with E-state index in [0.717, 1.165) is 18.7 Å². The smallest absolute Gasteiger partial charge is 0.227 e. The third-order valence-corrected chi connectivity index (χ3v) is 5.04. The molecule has 0 spiro atoms. The van der Waals surface area contributed by atoms with Gasteiger partial charge in [0.15, 0.2) is 11.5 Å². The second-order valence-corrected chi connectivity index (χ2v) is 7.07. The zero-order valence-corrected chi connectivity index (χ0v) is 17.2. The number of piperazine rings is 1. The first-order valence-electron chi connectivity index (χ1n) is 10.2. The summed E-state index contributed by atoms with van der Waals surface area (Å²) in [4.78, 5) is 16.8. The highest BCUT2D eigenvalue weighted by molar-refractivity contribution is 5.79. The van der Waals surface area contributed by atoms with Crippen molar-refractivity contribution < 1.29 is 18.7 Å². The molecule has 1 aliphatic heterocycles. The highest BCUT2D eigenvalue weighted by atomic mass is 19.1. The molecule has 0 aromatic heterocycles. The summed E-state index contributed by atoms with van der Waals surface area (Å²) >= 11 is 0. The molecule has 1 heterocycles. The predicted molar refractivity (Wildman–Crippen MR) is 111 cm³/mol. The van der Waals surface area contributed by atoms with Crippen LogP contribution in [0.2, 0.25) is 0 Å². The largest absolute Gasteiger partial charge is 0.490 e. The predicted octanol–water partition coefficient (Wildman–Crippen LogP) is 3.51. The summed E-state index contributed by atoms with van der Waals surface area (Å²) in [7, 11) is 0. The average Bonchev–Trinajstić information content (AvgIpc) is 2.72. The Hall–Kier alpha value is -2.60. The fourth-order valence-corrected chi connectivity index (χ4v) is 3.51. The van der Waals surface area contributed by atoms with Gasteiger partial charge < -0.3 is 14.4 Å². The van der Waals surface area contributed by atoms with Gasteiger partial charge >= 0.3 is 0 Å². The van der Waals surface area contributed by atoms with Crippen molar-refractivity contribution in [1.82, 2.24) is 9.80 Å². The number of hydrogen-bond donors (Lipinski definition) is 0. The van der Waals surface area contributed by atoms with Gasteiger partial charge in [-0.1, -0.05) is 24.3 Å². The van der Waals surface area contributed by atoms with Crippen LogP contribution in [0.25, 0.3) is 0 Å².